The number of carbonyl (C=O) groups is 4. The molecule has 0 aromatic rings. The molecule has 0 saturated heterocycles. The van der Waals surface area contributed by atoms with Crippen LogP contribution in [0, 0.1) is 0 Å². The Kier molecular flexibility index (Phi) is 10.9. The Hall–Kier alpha value is -3.12. The average Bonchev–Trinajstić information content (AvgIpc) is 2.86. The molecule has 2 aliphatic rings. The fourth-order valence-corrected chi connectivity index (χ4v) is 5.42. The Morgan fingerprint density at radius 3 is 1.32 bits per heavy atom. The molecule has 2 aliphatic carbocycles. The largest absolute Gasteiger partial charge is 0.463 e. The summed E-state index contributed by atoms with van der Waals surface area (Å²) in [5.74, 6) is -1.54. The topological polar surface area (TPSA) is 152 Å². The van der Waals surface area contributed by atoms with Gasteiger partial charge in [0.2, 0.25) is 12.6 Å². The number of rotatable bonds is 12. The predicted molar refractivity (Wildman–Crippen MR) is 130 cm³/mol. The highest BCUT2D eigenvalue weighted by molar-refractivity contribution is 5.81. The van der Waals surface area contributed by atoms with Gasteiger partial charge >= 0.3 is 24.1 Å². The molecule has 2 saturated carbocycles. The van der Waals surface area contributed by atoms with E-state index in [0.717, 1.165) is 35.1 Å². The van der Waals surface area contributed by atoms with Crippen LogP contribution in [0.25, 0.3) is 0 Å². The fraction of sp³-hybridized carbons (Fsp3) is 0.680. The number of ether oxygens (including phenoxy) is 2. The van der Waals surface area contributed by atoms with E-state index >= 15 is 0 Å². The van der Waals surface area contributed by atoms with Gasteiger partial charge in [-0.2, -0.15) is 10.1 Å². The second kappa shape index (κ2) is 13.4. The van der Waals surface area contributed by atoms with Gasteiger partial charge in [-0.25, -0.2) is 28.9 Å². The third kappa shape index (κ3) is 7.93. The van der Waals surface area contributed by atoms with Crippen LogP contribution in [-0.4, -0.2) is 68.1 Å². The molecule has 2 unspecified atom stereocenters. The maximum atomic E-state index is 12.5. The molecule has 0 aliphatic heterocycles. The van der Waals surface area contributed by atoms with E-state index in [-0.39, 0.29) is 6.42 Å². The number of hydrogen-bond acceptors (Lipinski definition) is 8. The first-order chi connectivity index (χ1) is 17.5. The van der Waals surface area contributed by atoms with Crippen molar-refractivity contribution in [1.82, 2.24) is 10.1 Å². The van der Waals surface area contributed by atoms with E-state index < -0.39 is 47.8 Å². The molecule has 0 aromatic heterocycles. The Morgan fingerprint density at radius 2 is 1.05 bits per heavy atom. The fourth-order valence-electron chi connectivity index (χ4n) is 5.42. The SMILES string of the molecule is C=CC(=O)OC(C)ON(C(=O)O)C1(CC2(N(OC(C)OC(=O)C=C)C(=O)O)CCCCC2)CCCCC1. The van der Waals surface area contributed by atoms with Crippen LogP contribution in [0.5, 0.6) is 0 Å². The lowest BCUT2D eigenvalue weighted by molar-refractivity contribution is -0.309. The summed E-state index contributed by atoms with van der Waals surface area (Å²) in [5, 5.41) is 22.0. The van der Waals surface area contributed by atoms with Crippen molar-refractivity contribution in [3.8, 4) is 0 Å². The maximum absolute atomic E-state index is 12.5. The molecule has 0 heterocycles. The van der Waals surface area contributed by atoms with E-state index in [1.165, 1.54) is 13.8 Å². The second-order valence-corrected chi connectivity index (χ2v) is 9.53. The summed E-state index contributed by atoms with van der Waals surface area (Å²) in [5.41, 5.74) is -2.23. The summed E-state index contributed by atoms with van der Waals surface area (Å²) >= 11 is 0. The van der Waals surface area contributed by atoms with Gasteiger partial charge in [-0.15, -0.1) is 0 Å². The van der Waals surface area contributed by atoms with Gasteiger partial charge in [0.05, 0.1) is 11.1 Å². The zero-order valence-corrected chi connectivity index (χ0v) is 21.6. The third-order valence-electron chi connectivity index (χ3n) is 6.84. The smallest absolute Gasteiger partial charge is 0.432 e. The first kappa shape index (κ1) is 30.1. The van der Waals surface area contributed by atoms with Gasteiger partial charge in [0.15, 0.2) is 0 Å². The molecule has 2 rings (SSSR count). The molecule has 2 fully saturated rings. The molecule has 12 heteroatoms. The summed E-state index contributed by atoms with van der Waals surface area (Å²) in [7, 11) is 0. The number of amides is 2. The molecule has 12 nitrogen and oxygen atoms in total. The molecule has 2 N–H and O–H groups in total. The lowest BCUT2D eigenvalue weighted by atomic mass is 9.68. The molecule has 0 bridgehead atoms. The van der Waals surface area contributed by atoms with E-state index in [1.807, 2.05) is 0 Å². The Bertz CT molecular complexity index is 780. The molecule has 2 atom stereocenters. The Labute approximate surface area is 216 Å². The highest BCUT2D eigenvalue weighted by Gasteiger charge is 2.53. The van der Waals surface area contributed by atoms with E-state index in [0.29, 0.717) is 51.4 Å². The first-order valence-corrected chi connectivity index (χ1v) is 12.5. The van der Waals surface area contributed by atoms with Gasteiger partial charge in [-0.05, 0) is 32.1 Å². The molecular weight excluding hydrogens is 488 g/mol. The number of carboxylic acid groups (broad SMARTS) is 2. The van der Waals surface area contributed by atoms with E-state index in [2.05, 4.69) is 13.2 Å². The van der Waals surface area contributed by atoms with Gasteiger partial charge < -0.3 is 19.7 Å². The predicted octanol–water partition coefficient (Wildman–Crippen LogP) is 4.76. The van der Waals surface area contributed by atoms with Crippen molar-refractivity contribution < 1.29 is 48.5 Å². The van der Waals surface area contributed by atoms with Crippen LogP contribution in [0.1, 0.15) is 84.5 Å². The number of esters is 2. The molecular formula is C25H38N2O10. The van der Waals surface area contributed by atoms with E-state index in [1.54, 1.807) is 0 Å². The quantitative estimate of drug-likeness (QED) is 0.158. The molecule has 0 radical (unpaired) electrons. The van der Waals surface area contributed by atoms with Gasteiger partial charge in [0, 0.05) is 26.0 Å². The molecule has 208 valence electrons. The Morgan fingerprint density at radius 1 is 0.730 bits per heavy atom. The van der Waals surface area contributed by atoms with Crippen LogP contribution in [0.4, 0.5) is 9.59 Å². The van der Waals surface area contributed by atoms with Crippen molar-refractivity contribution in [3.63, 3.8) is 0 Å². The molecule has 37 heavy (non-hydrogen) atoms. The second-order valence-electron chi connectivity index (χ2n) is 9.53. The Balaban J connectivity index is 2.46. The van der Waals surface area contributed by atoms with Crippen LogP contribution in [0.3, 0.4) is 0 Å². The van der Waals surface area contributed by atoms with E-state index in [4.69, 9.17) is 19.1 Å². The lowest BCUT2D eigenvalue weighted by Crippen LogP contribution is -2.62. The summed E-state index contributed by atoms with van der Waals surface area (Å²) in [6.07, 6.45) is 2.98. The normalized spacial score (nSPS) is 19.9. The summed E-state index contributed by atoms with van der Waals surface area (Å²) < 4.78 is 10.1. The molecule has 0 spiro atoms. The van der Waals surface area contributed by atoms with Gasteiger partial charge in [-0.3, -0.25) is 0 Å². The number of hydroxylamine groups is 4. The van der Waals surface area contributed by atoms with Crippen molar-refractivity contribution in [3.05, 3.63) is 25.3 Å². The van der Waals surface area contributed by atoms with Gasteiger partial charge in [-0.1, -0.05) is 51.7 Å². The standard InChI is InChI=1S/C25H38N2O10/c1-5-20(28)34-18(3)36-26(22(30)31)24(13-9-7-10-14-24)17-25(15-11-8-12-16-25)27(23(32)33)37-19(4)35-21(29)6-2/h5-6,18-19H,1-2,7-17H2,3-4H3,(H,30,31)(H,32,33). The minimum atomic E-state index is -1.38. The van der Waals surface area contributed by atoms with Crippen molar-refractivity contribution in [2.45, 2.75) is 108 Å². The number of carbonyl (C=O) groups excluding carboxylic acids is 2. The van der Waals surface area contributed by atoms with Gasteiger partial charge in [0.1, 0.15) is 0 Å². The summed E-state index contributed by atoms with van der Waals surface area (Å²) in [4.78, 5) is 59.6. The zero-order chi connectivity index (χ0) is 27.6. The van der Waals surface area contributed by atoms with Gasteiger partial charge in [0.25, 0.3) is 0 Å². The van der Waals surface area contributed by atoms with Crippen molar-refractivity contribution in [2.75, 3.05) is 0 Å². The van der Waals surface area contributed by atoms with Crippen LogP contribution in [0.15, 0.2) is 25.3 Å². The van der Waals surface area contributed by atoms with Crippen LogP contribution < -0.4 is 0 Å². The maximum Gasteiger partial charge on any atom is 0.432 e. The number of nitrogens with zero attached hydrogens (tertiary/aromatic N) is 2. The van der Waals surface area contributed by atoms with Crippen LogP contribution >= 0.6 is 0 Å². The first-order valence-electron chi connectivity index (χ1n) is 12.5. The highest BCUT2D eigenvalue weighted by Crippen LogP contribution is 2.47. The summed E-state index contributed by atoms with van der Waals surface area (Å²) in [6, 6.07) is 0. The van der Waals surface area contributed by atoms with Crippen LogP contribution in [-0.2, 0) is 28.7 Å². The van der Waals surface area contributed by atoms with Crippen LogP contribution in [0.2, 0.25) is 0 Å². The van der Waals surface area contributed by atoms with E-state index in [9.17, 15) is 29.4 Å². The average molecular weight is 527 g/mol. The minimum Gasteiger partial charge on any atom is -0.463 e. The van der Waals surface area contributed by atoms with Crippen molar-refractivity contribution in [2.24, 2.45) is 0 Å². The molecule has 2 amide bonds. The summed E-state index contributed by atoms with van der Waals surface area (Å²) in [6.45, 7) is 9.45. The highest BCUT2D eigenvalue weighted by atomic mass is 16.8. The minimum absolute atomic E-state index is 0.0862. The molecule has 0 aromatic carbocycles. The number of hydrogen-bond donors (Lipinski definition) is 2. The zero-order valence-electron chi connectivity index (χ0n) is 21.6. The van der Waals surface area contributed by atoms with Crippen molar-refractivity contribution in [1.29, 1.82) is 0 Å². The monoisotopic (exact) mass is 526 g/mol. The van der Waals surface area contributed by atoms with Crippen molar-refractivity contribution >= 4 is 24.1 Å². The lowest BCUT2D eigenvalue weighted by Gasteiger charge is -2.52. The third-order valence-corrected chi connectivity index (χ3v) is 6.84.